The highest BCUT2D eigenvalue weighted by atomic mass is 32.2. The van der Waals surface area contributed by atoms with Gasteiger partial charge in [0, 0.05) is 24.6 Å². The SMILES string of the molecule is CC1(N2CCC(CO)CC2)Nc2cc(C(=O)O)c(NC(=O)c3cccc(C(F)(F)F)n3)cc2S1. The second-order valence-corrected chi connectivity index (χ2v) is 9.82. The van der Waals surface area contributed by atoms with Gasteiger partial charge in [-0.2, -0.15) is 13.2 Å². The summed E-state index contributed by atoms with van der Waals surface area (Å²) in [5, 5.41) is 24.8. The number of carboxylic acids is 1. The molecule has 0 saturated carbocycles. The number of hydrogen-bond donors (Lipinski definition) is 4. The molecule has 1 saturated heterocycles. The summed E-state index contributed by atoms with van der Waals surface area (Å²) in [4.78, 5) is 30.2. The molecule has 2 aliphatic heterocycles. The number of aliphatic hydroxyl groups excluding tert-OH is 1. The first kappa shape index (κ1) is 24.3. The van der Waals surface area contributed by atoms with Crippen LogP contribution in [0.4, 0.5) is 24.5 Å². The number of hydrogen-bond acceptors (Lipinski definition) is 7. The fourth-order valence-electron chi connectivity index (χ4n) is 4.12. The first-order valence-electron chi connectivity index (χ1n) is 10.6. The van der Waals surface area contributed by atoms with Gasteiger partial charge < -0.3 is 20.8 Å². The van der Waals surface area contributed by atoms with Gasteiger partial charge in [0.15, 0.2) is 0 Å². The van der Waals surface area contributed by atoms with E-state index < -0.39 is 34.4 Å². The number of carboxylic acid groups (broad SMARTS) is 1. The molecule has 1 atom stereocenters. The van der Waals surface area contributed by atoms with Crippen LogP contribution in [0, 0.1) is 5.92 Å². The minimum absolute atomic E-state index is 0.0343. The Labute approximate surface area is 197 Å². The number of amides is 1. The highest BCUT2D eigenvalue weighted by molar-refractivity contribution is 8.01. The van der Waals surface area contributed by atoms with Crippen molar-refractivity contribution in [2.45, 2.75) is 35.8 Å². The number of rotatable bonds is 5. The molecule has 1 fully saturated rings. The number of halogens is 3. The standard InChI is InChI=1S/C22H23F3N4O4S/c1-21(29-7-5-12(11-30)6-8-29)28-16-9-13(20(32)33)15(10-17(16)34-21)27-19(31)14-3-2-4-18(26-14)22(23,24)25/h2-4,9-10,12,28,30H,5-8,11H2,1H3,(H,27,31)(H,32,33). The smallest absolute Gasteiger partial charge is 0.433 e. The fraction of sp³-hybridized carbons (Fsp3) is 0.409. The van der Waals surface area contributed by atoms with Crippen LogP contribution < -0.4 is 10.6 Å². The van der Waals surface area contributed by atoms with Crippen molar-refractivity contribution in [3.63, 3.8) is 0 Å². The average Bonchev–Trinajstić information content (AvgIpc) is 3.14. The van der Waals surface area contributed by atoms with Crippen LogP contribution in [0.3, 0.4) is 0 Å². The van der Waals surface area contributed by atoms with E-state index in [0.29, 0.717) is 10.6 Å². The van der Waals surface area contributed by atoms with Gasteiger partial charge in [-0.05, 0) is 49.9 Å². The van der Waals surface area contributed by atoms with Crippen molar-refractivity contribution in [2.24, 2.45) is 5.92 Å². The van der Waals surface area contributed by atoms with Crippen LogP contribution in [-0.2, 0) is 6.18 Å². The lowest BCUT2D eigenvalue weighted by Gasteiger charge is -2.42. The van der Waals surface area contributed by atoms with Gasteiger partial charge in [0.25, 0.3) is 5.91 Å². The minimum atomic E-state index is -4.71. The number of pyridine rings is 1. The number of nitrogens with zero attached hydrogens (tertiary/aromatic N) is 2. The predicted octanol–water partition coefficient (Wildman–Crippen LogP) is 3.95. The molecule has 0 radical (unpaired) electrons. The molecule has 34 heavy (non-hydrogen) atoms. The Hall–Kier alpha value is -2.83. The molecule has 0 spiro atoms. The quantitative estimate of drug-likeness (QED) is 0.492. The molecule has 1 aromatic heterocycles. The van der Waals surface area contributed by atoms with Crippen molar-refractivity contribution in [1.29, 1.82) is 0 Å². The highest BCUT2D eigenvalue weighted by Crippen LogP contribution is 2.49. The highest BCUT2D eigenvalue weighted by Gasteiger charge is 2.41. The molecule has 1 amide bonds. The van der Waals surface area contributed by atoms with Crippen molar-refractivity contribution in [3.05, 3.63) is 47.3 Å². The molecule has 0 aliphatic carbocycles. The molecule has 182 valence electrons. The summed E-state index contributed by atoms with van der Waals surface area (Å²) in [7, 11) is 0. The molecular formula is C22H23F3N4O4S. The Bertz CT molecular complexity index is 1120. The molecule has 1 unspecified atom stereocenters. The number of alkyl halides is 3. The van der Waals surface area contributed by atoms with Crippen molar-refractivity contribution in [1.82, 2.24) is 9.88 Å². The summed E-state index contributed by atoms with van der Waals surface area (Å²) in [6.07, 6.45) is -3.03. The fourth-order valence-corrected chi connectivity index (χ4v) is 5.42. The van der Waals surface area contributed by atoms with Crippen LogP contribution in [0.2, 0.25) is 0 Å². The molecule has 8 nitrogen and oxygen atoms in total. The van der Waals surface area contributed by atoms with E-state index in [1.807, 2.05) is 6.92 Å². The predicted molar refractivity (Wildman–Crippen MR) is 120 cm³/mol. The second-order valence-electron chi connectivity index (χ2n) is 8.38. The van der Waals surface area contributed by atoms with Crippen molar-refractivity contribution in [3.8, 4) is 0 Å². The number of carbonyl (C=O) groups excluding carboxylic acids is 1. The summed E-state index contributed by atoms with van der Waals surface area (Å²) in [5.74, 6) is -1.98. The lowest BCUT2D eigenvalue weighted by atomic mass is 9.97. The zero-order valence-corrected chi connectivity index (χ0v) is 19.0. The van der Waals surface area contributed by atoms with Gasteiger partial charge in [0.2, 0.25) is 0 Å². The largest absolute Gasteiger partial charge is 0.478 e. The van der Waals surface area contributed by atoms with Gasteiger partial charge in [0.1, 0.15) is 16.4 Å². The average molecular weight is 497 g/mol. The number of aromatic nitrogens is 1. The number of fused-ring (bicyclic) bond motifs is 1. The zero-order valence-electron chi connectivity index (χ0n) is 18.1. The molecule has 1 aromatic carbocycles. The van der Waals surface area contributed by atoms with Gasteiger partial charge in [-0.3, -0.25) is 9.69 Å². The Balaban J connectivity index is 1.58. The minimum Gasteiger partial charge on any atom is -0.478 e. The maximum atomic E-state index is 12.9. The molecule has 0 bridgehead atoms. The van der Waals surface area contributed by atoms with E-state index >= 15 is 0 Å². The lowest BCUT2D eigenvalue weighted by Crippen LogP contribution is -2.51. The molecule has 4 rings (SSSR count). The van der Waals surface area contributed by atoms with Crippen molar-refractivity contribution < 1.29 is 33.0 Å². The van der Waals surface area contributed by atoms with Gasteiger partial charge in [0.05, 0.1) is 16.9 Å². The number of likely N-dealkylation sites (tertiary alicyclic amines) is 1. The number of aromatic carboxylic acids is 1. The van der Waals surface area contributed by atoms with E-state index in [9.17, 15) is 33.0 Å². The molecule has 2 aliphatic rings. The lowest BCUT2D eigenvalue weighted by molar-refractivity contribution is -0.141. The van der Waals surface area contributed by atoms with Crippen LogP contribution in [0.15, 0.2) is 35.2 Å². The van der Waals surface area contributed by atoms with Crippen molar-refractivity contribution in [2.75, 3.05) is 30.3 Å². The topological polar surface area (TPSA) is 115 Å². The Kier molecular flexibility index (Phi) is 6.49. The number of aliphatic hydroxyl groups is 1. The molecular weight excluding hydrogens is 473 g/mol. The number of anilines is 2. The number of piperidine rings is 1. The normalized spacial score (nSPS) is 21.1. The van der Waals surface area contributed by atoms with Crippen molar-refractivity contribution >= 4 is 35.0 Å². The van der Waals surface area contributed by atoms with Gasteiger partial charge >= 0.3 is 12.1 Å². The monoisotopic (exact) mass is 496 g/mol. The molecule has 4 N–H and O–H groups in total. The summed E-state index contributed by atoms with van der Waals surface area (Å²) >= 11 is 1.46. The molecule has 2 aromatic rings. The van der Waals surface area contributed by atoms with Crippen LogP contribution in [0.25, 0.3) is 0 Å². The summed E-state index contributed by atoms with van der Waals surface area (Å²) in [5.41, 5.74) is -1.34. The van der Waals surface area contributed by atoms with Gasteiger partial charge in [-0.1, -0.05) is 17.8 Å². The summed E-state index contributed by atoms with van der Waals surface area (Å²) in [6.45, 7) is 3.64. The van der Waals surface area contributed by atoms with E-state index in [1.165, 1.54) is 23.9 Å². The zero-order chi connectivity index (χ0) is 24.7. The van der Waals surface area contributed by atoms with E-state index in [2.05, 4.69) is 20.5 Å². The first-order chi connectivity index (χ1) is 16.0. The van der Waals surface area contributed by atoms with Crippen LogP contribution in [0.5, 0.6) is 0 Å². The van der Waals surface area contributed by atoms with E-state index in [0.717, 1.165) is 44.1 Å². The maximum absolute atomic E-state index is 12.9. The van der Waals surface area contributed by atoms with E-state index in [-0.39, 0.29) is 23.8 Å². The number of nitrogens with one attached hydrogen (secondary N) is 2. The number of benzene rings is 1. The molecule has 12 heteroatoms. The number of thioether (sulfide) groups is 1. The van der Waals surface area contributed by atoms with Crippen LogP contribution in [-0.4, -0.2) is 56.7 Å². The Morgan fingerprint density at radius 1 is 1.29 bits per heavy atom. The Morgan fingerprint density at radius 2 is 2.00 bits per heavy atom. The van der Waals surface area contributed by atoms with Crippen LogP contribution >= 0.6 is 11.8 Å². The van der Waals surface area contributed by atoms with E-state index in [4.69, 9.17) is 0 Å². The third-order valence-electron chi connectivity index (χ3n) is 6.02. The van der Waals surface area contributed by atoms with Gasteiger partial charge in [-0.25, -0.2) is 9.78 Å². The maximum Gasteiger partial charge on any atom is 0.433 e. The Morgan fingerprint density at radius 3 is 2.62 bits per heavy atom. The van der Waals surface area contributed by atoms with Gasteiger partial charge in [-0.15, -0.1) is 0 Å². The second kappa shape index (κ2) is 9.08. The number of carbonyl (C=O) groups is 2. The van der Waals surface area contributed by atoms with E-state index in [1.54, 1.807) is 0 Å². The third kappa shape index (κ3) is 4.84. The third-order valence-corrected chi connectivity index (χ3v) is 7.34. The molecule has 3 heterocycles. The summed E-state index contributed by atoms with van der Waals surface area (Å²) in [6, 6.07) is 5.86. The van der Waals surface area contributed by atoms with Crippen LogP contribution in [0.1, 0.15) is 46.3 Å². The summed E-state index contributed by atoms with van der Waals surface area (Å²) < 4.78 is 38.8. The first-order valence-corrected chi connectivity index (χ1v) is 11.4.